The number of sulfonamides is 1. The molecule has 0 radical (unpaired) electrons. The molecule has 3 nitrogen and oxygen atoms in total. The lowest BCUT2D eigenvalue weighted by atomic mass is 10.1. The van der Waals surface area contributed by atoms with Gasteiger partial charge in [0.25, 0.3) is 0 Å². The summed E-state index contributed by atoms with van der Waals surface area (Å²) in [4.78, 5) is 0.0429. The first-order valence-corrected chi connectivity index (χ1v) is 7.88. The summed E-state index contributed by atoms with van der Waals surface area (Å²) in [6, 6.07) is 8.18. The van der Waals surface area contributed by atoms with Gasteiger partial charge in [-0.25, -0.2) is 21.9 Å². The molecule has 1 unspecified atom stereocenters. The lowest BCUT2D eigenvalue weighted by molar-refractivity contribution is 0.504. The fourth-order valence-corrected chi connectivity index (χ4v) is 3.12. The number of benzene rings is 2. The second-order valence-electron chi connectivity index (χ2n) is 4.47. The molecule has 0 aliphatic carbocycles. The molecule has 112 valence electrons. The van der Waals surface area contributed by atoms with Gasteiger partial charge in [-0.2, -0.15) is 0 Å². The lowest BCUT2D eigenvalue weighted by Crippen LogP contribution is -2.27. The Balaban J connectivity index is 2.23. The van der Waals surface area contributed by atoms with Crippen LogP contribution in [0.15, 0.2) is 47.4 Å². The Hall–Kier alpha value is -1.50. The highest BCUT2D eigenvalue weighted by Crippen LogP contribution is 2.20. The molecule has 1 atom stereocenters. The van der Waals surface area contributed by atoms with Gasteiger partial charge in [0.15, 0.2) is 11.6 Å². The molecule has 0 aliphatic rings. The van der Waals surface area contributed by atoms with Gasteiger partial charge >= 0.3 is 0 Å². The molecular formula is C14H12ClF2NO2S. The molecule has 0 aromatic heterocycles. The Morgan fingerprint density at radius 3 is 2.24 bits per heavy atom. The minimum Gasteiger partial charge on any atom is -0.207 e. The van der Waals surface area contributed by atoms with Gasteiger partial charge in [0.05, 0.1) is 4.90 Å². The number of nitrogens with one attached hydrogen (secondary N) is 1. The molecular weight excluding hydrogens is 320 g/mol. The predicted octanol–water partition coefficient (Wildman–Crippen LogP) is 3.66. The van der Waals surface area contributed by atoms with E-state index in [0.717, 1.165) is 12.1 Å². The van der Waals surface area contributed by atoms with E-state index >= 15 is 0 Å². The monoisotopic (exact) mass is 331 g/mol. The van der Waals surface area contributed by atoms with Crippen LogP contribution < -0.4 is 4.72 Å². The van der Waals surface area contributed by atoms with E-state index in [0.29, 0.717) is 10.6 Å². The molecule has 2 aromatic rings. The van der Waals surface area contributed by atoms with Crippen LogP contribution in [-0.2, 0) is 10.0 Å². The maximum atomic E-state index is 13.2. The minimum atomic E-state index is -3.77. The van der Waals surface area contributed by atoms with Gasteiger partial charge in [0.1, 0.15) is 0 Å². The van der Waals surface area contributed by atoms with Gasteiger partial charge in [-0.05, 0) is 48.9 Å². The molecule has 2 rings (SSSR count). The Morgan fingerprint density at radius 1 is 1.05 bits per heavy atom. The molecule has 0 aliphatic heterocycles. The van der Waals surface area contributed by atoms with Crippen LogP contribution in [0.5, 0.6) is 0 Å². The van der Waals surface area contributed by atoms with Crippen LogP contribution in [0.1, 0.15) is 18.5 Å². The number of halogens is 3. The smallest absolute Gasteiger partial charge is 0.207 e. The van der Waals surface area contributed by atoms with E-state index in [2.05, 4.69) is 4.72 Å². The van der Waals surface area contributed by atoms with Crippen LogP contribution in [-0.4, -0.2) is 8.42 Å². The minimum absolute atomic E-state index is 0.0429. The van der Waals surface area contributed by atoms with Crippen LogP contribution in [0.25, 0.3) is 0 Å². The van der Waals surface area contributed by atoms with Crippen molar-refractivity contribution >= 4 is 21.6 Å². The van der Waals surface area contributed by atoms with E-state index in [1.54, 1.807) is 6.92 Å². The molecule has 21 heavy (non-hydrogen) atoms. The molecule has 0 saturated carbocycles. The van der Waals surface area contributed by atoms with Gasteiger partial charge in [-0.3, -0.25) is 0 Å². The molecule has 0 heterocycles. The summed E-state index contributed by atoms with van der Waals surface area (Å²) in [6.45, 7) is 1.54. The van der Waals surface area contributed by atoms with Gasteiger partial charge in [-0.15, -0.1) is 0 Å². The second kappa shape index (κ2) is 6.09. The third-order valence-corrected chi connectivity index (χ3v) is 4.71. The standard InChI is InChI=1S/C14H12ClF2NO2S/c1-9(10-2-7-13(16)14(17)8-10)18-21(19,20)12-5-3-11(15)4-6-12/h2-9,18H,1H3. The Labute approximate surface area is 126 Å². The quantitative estimate of drug-likeness (QED) is 0.929. The molecule has 1 N–H and O–H groups in total. The molecule has 7 heteroatoms. The first-order chi connectivity index (χ1) is 9.79. The average Bonchev–Trinajstić information content (AvgIpc) is 2.41. The normalized spacial score (nSPS) is 13.1. The third-order valence-electron chi connectivity index (χ3n) is 2.90. The van der Waals surface area contributed by atoms with Crippen LogP contribution in [0.3, 0.4) is 0 Å². The third kappa shape index (κ3) is 3.78. The van der Waals surface area contributed by atoms with Gasteiger partial charge < -0.3 is 0 Å². The summed E-state index contributed by atoms with van der Waals surface area (Å²) in [7, 11) is -3.77. The zero-order valence-electron chi connectivity index (χ0n) is 11.0. The zero-order chi connectivity index (χ0) is 15.6. The van der Waals surface area contributed by atoms with Crippen molar-refractivity contribution < 1.29 is 17.2 Å². The van der Waals surface area contributed by atoms with Crippen molar-refractivity contribution in [2.24, 2.45) is 0 Å². The van der Waals surface area contributed by atoms with E-state index in [-0.39, 0.29) is 4.90 Å². The van der Waals surface area contributed by atoms with E-state index in [4.69, 9.17) is 11.6 Å². The summed E-state index contributed by atoms with van der Waals surface area (Å²) in [5.41, 5.74) is 0.325. The van der Waals surface area contributed by atoms with E-state index < -0.39 is 27.7 Å². The van der Waals surface area contributed by atoms with Gasteiger partial charge in [0, 0.05) is 11.1 Å². The fraction of sp³-hybridized carbons (Fsp3) is 0.143. The average molecular weight is 332 g/mol. The van der Waals surface area contributed by atoms with Crippen LogP contribution in [0, 0.1) is 11.6 Å². The van der Waals surface area contributed by atoms with Gasteiger partial charge in [0.2, 0.25) is 10.0 Å². The van der Waals surface area contributed by atoms with Crippen molar-refractivity contribution in [2.75, 3.05) is 0 Å². The topological polar surface area (TPSA) is 46.2 Å². The van der Waals surface area contributed by atoms with Gasteiger partial charge in [-0.1, -0.05) is 17.7 Å². The van der Waals surface area contributed by atoms with E-state index in [9.17, 15) is 17.2 Å². The molecule has 0 spiro atoms. The Bertz CT molecular complexity index is 748. The number of rotatable bonds is 4. The van der Waals surface area contributed by atoms with Crippen molar-refractivity contribution in [3.8, 4) is 0 Å². The van der Waals surface area contributed by atoms with Crippen LogP contribution >= 0.6 is 11.6 Å². The maximum Gasteiger partial charge on any atom is 0.241 e. The lowest BCUT2D eigenvalue weighted by Gasteiger charge is -2.15. The van der Waals surface area contributed by atoms with Crippen molar-refractivity contribution in [1.82, 2.24) is 4.72 Å². The first kappa shape index (κ1) is 15.9. The summed E-state index contributed by atoms with van der Waals surface area (Å²) >= 11 is 5.70. The highest BCUT2D eigenvalue weighted by molar-refractivity contribution is 7.89. The maximum absolute atomic E-state index is 13.2. The summed E-state index contributed by atoms with van der Waals surface area (Å²) < 4.78 is 52.8. The van der Waals surface area contributed by atoms with Crippen molar-refractivity contribution in [1.29, 1.82) is 0 Å². The molecule has 0 bridgehead atoms. The molecule has 2 aromatic carbocycles. The molecule has 0 fully saturated rings. The largest absolute Gasteiger partial charge is 0.241 e. The van der Waals surface area contributed by atoms with E-state index in [1.165, 1.54) is 30.3 Å². The van der Waals surface area contributed by atoms with Crippen molar-refractivity contribution in [2.45, 2.75) is 17.9 Å². The van der Waals surface area contributed by atoms with Crippen LogP contribution in [0.4, 0.5) is 8.78 Å². The second-order valence-corrected chi connectivity index (χ2v) is 6.62. The van der Waals surface area contributed by atoms with Crippen molar-refractivity contribution in [3.05, 3.63) is 64.7 Å². The summed E-state index contributed by atoms with van der Waals surface area (Å²) in [6.07, 6.45) is 0. The first-order valence-electron chi connectivity index (χ1n) is 6.02. The summed E-state index contributed by atoms with van der Waals surface area (Å²) in [5, 5.41) is 0.419. The fourth-order valence-electron chi connectivity index (χ4n) is 1.76. The number of hydrogen-bond donors (Lipinski definition) is 1. The summed E-state index contributed by atoms with van der Waals surface area (Å²) in [5.74, 6) is -2.00. The zero-order valence-corrected chi connectivity index (χ0v) is 12.5. The van der Waals surface area contributed by atoms with Crippen molar-refractivity contribution in [3.63, 3.8) is 0 Å². The predicted molar refractivity (Wildman–Crippen MR) is 76.5 cm³/mol. The SMILES string of the molecule is CC(NS(=O)(=O)c1ccc(Cl)cc1)c1ccc(F)c(F)c1. The van der Waals surface area contributed by atoms with Crippen LogP contribution in [0.2, 0.25) is 5.02 Å². The highest BCUT2D eigenvalue weighted by Gasteiger charge is 2.19. The highest BCUT2D eigenvalue weighted by atomic mass is 35.5. The number of hydrogen-bond acceptors (Lipinski definition) is 2. The Kier molecular flexibility index (Phi) is 4.61. The molecule has 0 saturated heterocycles. The Morgan fingerprint density at radius 2 is 1.67 bits per heavy atom. The van der Waals surface area contributed by atoms with E-state index in [1.807, 2.05) is 0 Å². The molecule has 0 amide bonds.